The molecule has 0 N–H and O–H groups in total. The summed E-state index contributed by atoms with van der Waals surface area (Å²) in [7, 11) is 0. The lowest BCUT2D eigenvalue weighted by Crippen LogP contribution is -2.36. The Labute approximate surface area is 86.0 Å². The molecule has 0 saturated carbocycles. The van der Waals surface area contributed by atoms with Gasteiger partial charge in [0.1, 0.15) is 6.61 Å². The molecule has 15 heavy (non-hydrogen) atoms. The van der Waals surface area contributed by atoms with Gasteiger partial charge in [0.25, 0.3) is 0 Å². The first-order valence-electron chi connectivity index (χ1n) is 4.64. The standard InChI is InChI=1S/C10H11F2NO2/c1-7-3-2-4-9(13-7)15-8-5-14-6-10(8,11)12/h2-4,8H,5-6H2,1H3. The van der Waals surface area contributed by atoms with Crippen LogP contribution < -0.4 is 4.74 Å². The van der Waals surface area contributed by atoms with Crippen LogP contribution in [0.3, 0.4) is 0 Å². The van der Waals surface area contributed by atoms with Crippen molar-refractivity contribution in [3.63, 3.8) is 0 Å². The van der Waals surface area contributed by atoms with Crippen molar-refractivity contribution in [2.24, 2.45) is 0 Å². The van der Waals surface area contributed by atoms with E-state index in [0.29, 0.717) is 0 Å². The lowest BCUT2D eigenvalue weighted by molar-refractivity contribution is -0.0671. The number of halogens is 2. The minimum Gasteiger partial charge on any atom is -0.465 e. The van der Waals surface area contributed by atoms with Crippen LogP contribution in [0.2, 0.25) is 0 Å². The molecule has 1 aliphatic heterocycles. The monoisotopic (exact) mass is 215 g/mol. The number of hydrogen-bond acceptors (Lipinski definition) is 3. The highest BCUT2D eigenvalue weighted by atomic mass is 19.3. The zero-order valence-corrected chi connectivity index (χ0v) is 8.24. The van der Waals surface area contributed by atoms with Gasteiger partial charge < -0.3 is 9.47 Å². The Bertz CT molecular complexity index is 357. The molecule has 3 nitrogen and oxygen atoms in total. The minimum absolute atomic E-state index is 0.0946. The van der Waals surface area contributed by atoms with Crippen LogP contribution in [0.25, 0.3) is 0 Å². The van der Waals surface area contributed by atoms with E-state index in [9.17, 15) is 8.78 Å². The molecule has 1 aromatic heterocycles. The molecule has 0 aliphatic carbocycles. The fourth-order valence-corrected chi connectivity index (χ4v) is 1.37. The Morgan fingerprint density at radius 2 is 2.33 bits per heavy atom. The van der Waals surface area contributed by atoms with Crippen LogP contribution in [0.5, 0.6) is 5.88 Å². The first kappa shape index (κ1) is 10.3. The summed E-state index contributed by atoms with van der Waals surface area (Å²) in [5.74, 6) is -2.71. The number of hydrogen-bond donors (Lipinski definition) is 0. The predicted molar refractivity (Wildman–Crippen MR) is 49.2 cm³/mol. The van der Waals surface area contributed by atoms with Crippen molar-refractivity contribution in [1.82, 2.24) is 4.98 Å². The van der Waals surface area contributed by atoms with Gasteiger partial charge in [-0.3, -0.25) is 0 Å². The van der Waals surface area contributed by atoms with Crippen LogP contribution in [-0.4, -0.2) is 30.2 Å². The highest BCUT2D eigenvalue weighted by Gasteiger charge is 2.47. The summed E-state index contributed by atoms with van der Waals surface area (Å²) in [6.07, 6.45) is -1.23. The third-order valence-electron chi connectivity index (χ3n) is 2.16. The Balaban J connectivity index is 2.09. The molecule has 0 radical (unpaired) electrons. The molecule has 1 aliphatic rings. The van der Waals surface area contributed by atoms with Gasteiger partial charge in [-0.1, -0.05) is 6.07 Å². The Morgan fingerprint density at radius 1 is 1.53 bits per heavy atom. The van der Waals surface area contributed by atoms with E-state index < -0.39 is 18.6 Å². The second-order valence-electron chi connectivity index (χ2n) is 3.50. The minimum atomic E-state index is -2.93. The number of pyridine rings is 1. The number of rotatable bonds is 2. The normalized spacial score (nSPS) is 24.1. The largest absolute Gasteiger partial charge is 0.465 e. The molecule has 1 aromatic rings. The number of aryl methyl sites for hydroxylation is 1. The quantitative estimate of drug-likeness (QED) is 0.753. The summed E-state index contributed by atoms with van der Waals surface area (Å²) < 4.78 is 36.0. The van der Waals surface area contributed by atoms with E-state index in [-0.39, 0.29) is 12.5 Å². The average molecular weight is 215 g/mol. The van der Waals surface area contributed by atoms with Crippen molar-refractivity contribution < 1.29 is 18.3 Å². The van der Waals surface area contributed by atoms with Gasteiger partial charge in [-0.15, -0.1) is 0 Å². The highest BCUT2D eigenvalue weighted by Crippen LogP contribution is 2.28. The predicted octanol–water partition coefficient (Wildman–Crippen LogP) is 1.80. The second-order valence-corrected chi connectivity index (χ2v) is 3.50. The molecule has 1 unspecified atom stereocenters. The molecule has 1 fully saturated rings. The van der Waals surface area contributed by atoms with Gasteiger partial charge in [0.15, 0.2) is 6.10 Å². The fourth-order valence-electron chi connectivity index (χ4n) is 1.37. The maximum absolute atomic E-state index is 13.1. The second kappa shape index (κ2) is 3.73. The number of alkyl halides is 2. The van der Waals surface area contributed by atoms with Crippen LogP contribution in [0, 0.1) is 6.92 Å². The molecular weight excluding hydrogens is 204 g/mol. The Kier molecular flexibility index (Phi) is 2.56. The lowest BCUT2D eigenvalue weighted by Gasteiger charge is -2.17. The van der Waals surface area contributed by atoms with E-state index in [1.54, 1.807) is 25.1 Å². The molecule has 82 valence electrons. The van der Waals surface area contributed by atoms with Crippen molar-refractivity contribution in [3.8, 4) is 5.88 Å². The Hall–Kier alpha value is -1.23. The summed E-state index contributed by atoms with van der Waals surface area (Å²) in [4.78, 5) is 3.99. The summed E-state index contributed by atoms with van der Waals surface area (Å²) in [6.45, 7) is 1.10. The molecule has 0 bridgehead atoms. The maximum Gasteiger partial charge on any atom is 0.309 e. The van der Waals surface area contributed by atoms with Crippen molar-refractivity contribution in [3.05, 3.63) is 23.9 Å². The number of nitrogens with zero attached hydrogens (tertiary/aromatic N) is 1. The molecule has 5 heteroatoms. The van der Waals surface area contributed by atoms with Gasteiger partial charge in [-0.05, 0) is 13.0 Å². The molecule has 2 heterocycles. The van der Waals surface area contributed by atoms with Crippen molar-refractivity contribution in [2.45, 2.75) is 19.0 Å². The van der Waals surface area contributed by atoms with E-state index in [2.05, 4.69) is 9.72 Å². The molecule has 1 saturated heterocycles. The summed E-state index contributed by atoms with van der Waals surface area (Å²) in [6, 6.07) is 5.04. The van der Waals surface area contributed by atoms with Gasteiger partial charge >= 0.3 is 5.92 Å². The van der Waals surface area contributed by atoms with Crippen molar-refractivity contribution in [2.75, 3.05) is 13.2 Å². The van der Waals surface area contributed by atoms with Gasteiger partial charge in [0, 0.05) is 11.8 Å². The van der Waals surface area contributed by atoms with Crippen molar-refractivity contribution >= 4 is 0 Å². The first-order chi connectivity index (χ1) is 7.08. The van der Waals surface area contributed by atoms with Crippen LogP contribution in [0.1, 0.15) is 5.69 Å². The number of aromatic nitrogens is 1. The van der Waals surface area contributed by atoms with E-state index in [1.807, 2.05) is 0 Å². The summed E-state index contributed by atoms with van der Waals surface area (Å²) in [5.41, 5.74) is 0.731. The Morgan fingerprint density at radius 3 is 2.93 bits per heavy atom. The van der Waals surface area contributed by atoms with Crippen LogP contribution in [-0.2, 0) is 4.74 Å². The number of ether oxygens (including phenoxy) is 2. The SMILES string of the molecule is Cc1cccc(OC2COCC2(F)F)n1. The van der Waals surface area contributed by atoms with Gasteiger partial charge in [-0.2, -0.15) is 8.78 Å². The van der Waals surface area contributed by atoms with E-state index in [0.717, 1.165) is 5.69 Å². The molecular formula is C10H11F2NO2. The van der Waals surface area contributed by atoms with E-state index in [4.69, 9.17) is 4.74 Å². The van der Waals surface area contributed by atoms with Gasteiger partial charge in [0.05, 0.1) is 6.61 Å². The van der Waals surface area contributed by atoms with E-state index in [1.165, 1.54) is 0 Å². The van der Waals surface area contributed by atoms with Crippen LogP contribution in [0.15, 0.2) is 18.2 Å². The first-order valence-corrected chi connectivity index (χ1v) is 4.64. The smallest absolute Gasteiger partial charge is 0.309 e. The van der Waals surface area contributed by atoms with Gasteiger partial charge in [-0.25, -0.2) is 4.98 Å². The van der Waals surface area contributed by atoms with Crippen molar-refractivity contribution in [1.29, 1.82) is 0 Å². The highest BCUT2D eigenvalue weighted by molar-refractivity contribution is 5.15. The molecule has 0 spiro atoms. The maximum atomic E-state index is 13.1. The average Bonchev–Trinajstić information content (AvgIpc) is 2.46. The molecule has 1 atom stereocenters. The summed E-state index contributed by atoms with van der Waals surface area (Å²) in [5, 5.41) is 0. The zero-order valence-electron chi connectivity index (χ0n) is 8.24. The van der Waals surface area contributed by atoms with E-state index >= 15 is 0 Å². The molecule has 2 rings (SSSR count). The fraction of sp³-hybridized carbons (Fsp3) is 0.500. The topological polar surface area (TPSA) is 31.4 Å². The summed E-state index contributed by atoms with van der Waals surface area (Å²) >= 11 is 0. The third kappa shape index (κ3) is 2.23. The zero-order chi connectivity index (χ0) is 10.9. The third-order valence-corrected chi connectivity index (χ3v) is 2.16. The van der Waals surface area contributed by atoms with Gasteiger partial charge in [0.2, 0.25) is 5.88 Å². The molecule has 0 amide bonds. The van der Waals surface area contributed by atoms with Crippen LogP contribution >= 0.6 is 0 Å². The molecule has 0 aromatic carbocycles. The lowest BCUT2D eigenvalue weighted by atomic mass is 10.2. The van der Waals surface area contributed by atoms with Crippen LogP contribution in [0.4, 0.5) is 8.78 Å².